The van der Waals surface area contributed by atoms with Crippen LogP contribution in [-0.2, 0) is 0 Å². The molecule has 18 heavy (non-hydrogen) atoms. The molecule has 0 spiro atoms. The molecule has 0 bridgehead atoms. The quantitative estimate of drug-likeness (QED) is 0.701. The van der Waals surface area contributed by atoms with Gasteiger partial charge in [-0.15, -0.1) is 11.3 Å². The van der Waals surface area contributed by atoms with E-state index in [4.69, 9.17) is 0 Å². The number of rotatable bonds is 2. The summed E-state index contributed by atoms with van der Waals surface area (Å²) < 4.78 is 0. The van der Waals surface area contributed by atoms with E-state index in [2.05, 4.69) is 27.5 Å². The van der Waals surface area contributed by atoms with E-state index < -0.39 is 0 Å². The summed E-state index contributed by atoms with van der Waals surface area (Å²) >= 11 is 1.65. The maximum Gasteiger partial charge on any atom is 0.125 e. The fourth-order valence-electron chi connectivity index (χ4n) is 1.64. The van der Waals surface area contributed by atoms with Gasteiger partial charge in [-0.2, -0.15) is 0 Å². The smallest absolute Gasteiger partial charge is 0.125 e. The van der Waals surface area contributed by atoms with Crippen molar-refractivity contribution in [2.75, 3.05) is 0 Å². The van der Waals surface area contributed by atoms with Gasteiger partial charge < -0.3 is 17.0 Å². The molecule has 0 radical (unpaired) electrons. The minimum absolute atomic E-state index is 0. The highest BCUT2D eigenvalue weighted by atomic mass is 79.9. The van der Waals surface area contributed by atoms with Gasteiger partial charge in [0.05, 0.1) is 5.69 Å². The molecule has 1 aromatic carbocycles. The van der Waals surface area contributed by atoms with Crippen molar-refractivity contribution in [1.29, 1.82) is 0 Å². The monoisotopic (exact) mass is 317 g/mol. The third-order valence-electron chi connectivity index (χ3n) is 2.48. The second-order valence-electron chi connectivity index (χ2n) is 3.65. The van der Waals surface area contributed by atoms with E-state index in [0.29, 0.717) is 0 Å². The summed E-state index contributed by atoms with van der Waals surface area (Å²) in [6.07, 6.45) is 3.61. The van der Waals surface area contributed by atoms with Crippen molar-refractivity contribution in [1.82, 2.24) is 9.97 Å². The topological polar surface area (TPSA) is 25.8 Å². The predicted molar refractivity (Wildman–Crippen MR) is 70.8 cm³/mol. The number of aromatic nitrogens is 2. The van der Waals surface area contributed by atoms with Crippen molar-refractivity contribution >= 4 is 11.3 Å². The van der Waals surface area contributed by atoms with Gasteiger partial charge in [-0.3, -0.25) is 4.98 Å². The number of benzene rings is 1. The highest BCUT2D eigenvalue weighted by molar-refractivity contribution is 7.13. The van der Waals surface area contributed by atoms with Crippen LogP contribution < -0.4 is 17.0 Å². The predicted octanol–water partition coefficient (Wildman–Crippen LogP) is 0.876. The normalized spacial score (nSPS) is 9.78. The van der Waals surface area contributed by atoms with Gasteiger partial charge in [0.1, 0.15) is 5.01 Å². The van der Waals surface area contributed by atoms with Gasteiger partial charge in [-0.25, -0.2) is 4.98 Å². The molecule has 4 heteroatoms. The molecule has 0 unspecified atom stereocenters. The van der Waals surface area contributed by atoms with Crippen molar-refractivity contribution < 1.29 is 17.0 Å². The zero-order chi connectivity index (χ0) is 11.5. The van der Waals surface area contributed by atoms with E-state index >= 15 is 0 Å². The van der Waals surface area contributed by atoms with Crippen LogP contribution in [-0.4, -0.2) is 9.97 Å². The molecule has 0 atom stereocenters. The largest absolute Gasteiger partial charge is 1.00 e. The lowest BCUT2D eigenvalue weighted by molar-refractivity contribution is -0.00000334. The number of hydrogen-bond donors (Lipinski definition) is 0. The second kappa shape index (κ2) is 5.89. The SMILES string of the molecule is [Br-].c1ccc(-c2csc(-c3cccnc3)n2)cc1. The maximum atomic E-state index is 4.63. The maximum absolute atomic E-state index is 4.63. The van der Waals surface area contributed by atoms with E-state index in [0.717, 1.165) is 21.8 Å². The molecule has 0 saturated carbocycles. The van der Waals surface area contributed by atoms with Crippen LogP contribution in [0.2, 0.25) is 0 Å². The molecule has 0 saturated heterocycles. The van der Waals surface area contributed by atoms with Crippen LogP contribution in [0, 0.1) is 0 Å². The van der Waals surface area contributed by atoms with Crippen LogP contribution >= 0.6 is 11.3 Å². The van der Waals surface area contributed by atoms with Gasteiger partial charge >= 0.3 is 0 Å². The van der Waals surface area contributed by atoms with Gasteiger partial charge in [0.15, 0.2) is 0 Å². The van der Waals surface area contributed by atoms with Crippen LogP contribution in [0.1, 0.15) is 0 Å². The molecule has 3 rings (SSSR count). The molecule has 0 aliphatic rings. The standard InChI is InChI=1S/C14H10N2S.BrH/c1-2-5-11(6-3-1)13-10-17-14(16-13)12-7-4-8-15-9-12;/h1-10H;1H/p-1. The average Bonchev–Trinajstić information content (AvgIpc) is 2.90. The summed E-state index contributed by atoms with van der Waals surface area (Å²) in [5, 5.41) is 3.09. The third-order valence-corrected chi connectivity index (χ3v) is 3.37. The molecule has 2 heterocycles. The number of hydrogen-bond acceptors (Lipinski definition) is 3. The summed E-state index contributed by atoms with van der Waals surface area (Å²) in [5.41, 5.74) is 3.24. The molecule has 0 amide bonds. The van der Waals surface area contributed by atoms with Gasteiger partial charge in [0.25, 0.3) is 0 Å². The summed E-state index contributed by atoms with van der Waals surface area (Å²) in [6.45, 7) is 0. The van der Waals surface area contributed by atoms with Crippen LogP contribution in [0.3, 0.4) is 0 Å². The van der Waals surface area contributed by atoms with E-state index in [9.17, 15) is 0 Å². The zero-order valence-electron chi connectivity index (χ0n) is 9.45. The first-order chi connectivity index (χ1) is 8.43. The number of halogens is 1. The minimum Gasteiger partial charge on any atom is -1.00 e. The molecule has 0 aliphatic carbocycles. The lowest BCUT2D eigenvalue weighted by Crippen LogP contribution is -3.00. The Labute approximate surface area is 120 Å². The van der Waals surface area contributed by atoms with E-state index in [1.807, 2.05) is 36.5 Å². The van der Waals surface area contributed by atoms with Crippen molar-refractivity contribution in [2.24, 2.45) is 0 Å². The van der Waals surface area contributed by atoms with Gasteiger partial charge in [0, 0.05) is 28.9 Å². The van der Waals surface area contributed by atoms with Crippen LogP contribution in [0.25, 0.3) is 21.8 Å². The Morgan fingerprint density at radius 1 is 0.889 bits per heavy atom. The molecule has 0 fully saturated rings. The molecule has 0 N–H and O–H groups in total. The molecule has 2 nitrogen and oxygen atoms in total. The fourth-order valence-corrected chi connectivity index (χ4v) is 2.46. The summed E-state index contributed by atoms with van der Waals surface area (Å²) in [6, 6.07) is 14.2. The Morgan fingerprint density at radius 3 is 2.39 bits per heavy atom. The summed E-state index contributed by atoms with van der Waals surface area (Å²) in [5.74, 6) is 0. The number of pyridine rings is 1. The second-order valence-corrected chi connectivity index (χ2v) is 4.50. The van der Waals surface area contributed by atoms with Crippen LogP contribution in [0.15, 0.2) is 60.2 Å². The molecular formula is C14H10BrN2S-. The first kappa shape index (κ1) is 12.9. The Hall–Kier alpha value is -1.52. The van der Waals surface area contributed by atoms with Crippen molar-refractivity contribution in [2.45, 2.75) is 0 Å². The molecule has 0 aliphatic heterocycles. The summed E-state index contributed by atoms with van der Waals surface area (Å²) in [7, 11) is 0. The van der Waals surface area contributed by atoms with Crippen molar-refractivity contribution in [3.05, 3.63) is 60.2 Å². The lowest BCUT2D eigenvalue weighted by atomic mass is 10.2. The first-order valence-corrected chi connectivity index (χ1v) is 6.23. The van der Waals surface area contributed by atoms with Crippen molar-refractivity contribution in [3.63, 3.8) is 0 Å². The Morgan fingerprint density at radius 2 is 1.67 bits per heavy atom. The molecule has 90 valence electrons. The Bertz CT molecular complexity index is 554. The number of nitrogens with zero attached hydrogens (tertiary/aromatic N) is 2. The van der Waals surface area contributed by atoms with Crippen molar-refractivity contribution in [3.8, 4) is 21.8 Å². The number of thiazole rings is 1. The van der Waals surface area contributed by atoms with Gasteiger partial charge in [-0.05, 0) is 12.1 Å². The fraction of sp³-hybridized carbons (Fsp3) is 0. The Kier molecular flexibility index (Phi) is 4.23. The first-order valence-electron chi connectivity index (χ1n) is 5.35. The van der Waals surface area contributed by atoms with Gasteiger partial charge in [-0.1, -0.05) is 30.3 Å². The summed E-state index contributed by atoms with van der Waals surface area (Å²) in [4.78, 5) is 8.74. The third kappa shape index (κ3) is 2.66. The van der Waals surface area contributed by atoms with E-state index in [1.54, 1.807) is 17.5 Å². The Balaban J connectivity index is 0.00000120. The molecule has 3 aromatic rings. The minimum atomic E-state index is 0. The molecule has 2 aromatic heterocycles. The highest BCUT2D eigenvalue weighted by Crippen LogP contribution is 2.27. The average molecular weight is 318 g/mol. The molecular weight excluding hydrogens is 308 g/mol. The highest BCUT2D eigenvalue weighted by Gasteiger charge is 2.05. The van der Waals surface area contributed by atoms with E-state index in [1.165, 1.54) is 0 Å². The van der Waals surface area contributed by atoms with Gasteiger partial charge in [0.2, 0.25) is 0 Å². The van der Waals surface area contributed by atoms with Crippen LogP contribution in [0.4, 0.5) is 0 Å². The van der Waals surface area contributed by atoms with E-state index in [-0.39, 0.29) is 17.0 Å². The lowest BCUT2D eigenvalue weighted by Gasteiger charge is -1.95. The van der Waals surface area contributed by atoms with Crippen LogP contribution in [0.5, 0.6) is 0 Å². The zero-order valence-corrected chi connectivity index (χ0v) is 11.9.